The van der Waals surface area contributed by atoms with Crippen LogP contribution >= 0.6 is 11.3 Å². The van der Waals surface area contributed by atoms with Crippen LogP contribution in [0.4, 0.5) is 5.13 Å². The second-order valence-corrected chi connectivity index (χ2v) is 6.54. The average molecular weight is 326 g/mol. The number of rotatable bonds is 4. The van der Waals surface area contributed by atoms with Crippen molar-refractivity contribution in [2.45, 2.75) is 26.4 Å². The second kappa shape index (κ2) is 6.12. The van der Waals surface area contributed by atoms with E-state index in [0.29, 0.717) is 12.5 Å². The SMILES string of the molecule is Cc1nc2ccccc2nc1OCc1csc(N2CCCC2)n1. The molecule has 1 aliphatic heterocycles. The molecule has 0 aliphatic carbocycles. The number of para-hydroxylation sites is 2. The van der Waals surface area contributed by atoms with Gasteiger partial charge in [0.25, 0.3) is 0 Å². The molecule has 3 heterocycles. The lowest BCUT2D eigenvalue weighted by Crippen LogP contribution is -2.17. The van der Waals surface area contributed by atoms with Crippen molar-refractivity contribution >= 4 is 27.5 Å². The first-order chi connectivity index (χ1) is 11.3. The van der Waals surface area contributed by atoms with Gasteiger partial charge < -0.3 is 9.64 Å². The van der Waals surface area contributed by atoms with Gasteiger partial charge in [0, 0.05) is 18.5 Å². The summed E-state index contributed by atoms with van der Waals surface area (Å²) in [4.78, 5) is 16.1. The third-order valence-corrected chi connectivity index (χ3v) is 4.92. The summed E-state index contributed by atoms with van der Waals surface area (Å²) < 4.78 is 5.86. The first-order valence-electron chi connectivity index (χ1n) is 7.85. The molecule has 0 atom stereocenters. The van der Waals surface area contributed by atoms with Gasteiger partial charge in [-0.25, -0.2) is 15.0 Å². The van der Waals surface area contributed by atoms with E-state index in [1.807, 2.05) is 31.2 Å². The summed E-state index contributed by atoms with van der Waals surface area (Å²) in [5, 5.41) is 3.17. The highest BCUT2D eigenvalue weighted by molar-refractivity contribution is 7.13. The Hall–Kier alpha value is -2.21. The molecule has 5 nitrogen and oxygen atoms in total. The highest BCUT2D eigenvalue weighted by atomic mass is 32.1. The van der Waals surface area contributed by atoms with Crippen LogP contribution in [0.3, 0.4) is 0 Å². The third-order valence-electron chi connectivity index (χ3n) is 3.97. The highest BCUT2D eigenvalue weighted by Crippen LogP contribution is 2.25. The molecule has 6 heteroatoms. The summed E-state index contributed by atoms with van der Waals surface area (Å²) in [5.74, 6) is 0.583. The molecule has 1 saturated heterocycles. The molecule has 0 saturated carbocycles. The van der Waals surface area contributed by atoms with E-state index in [9.17, 15) is 0 Å². The van der Waals surface area contributed by atoms with E-state index in [1.54, 1.807) is 11.3 Å². The molecule has 0 radical (unpaired) electrons. The highest BCUT2D eigenvalue weighted by Gasteiger charge is 2.16. The van der Waals surface area contributed by atoms with Gasteiger partial charge in [0.15, 0.2) is 5.13 Å². The summed E-state index contributed by atoms with van der Waals surface area (Å²) >= 11 is 1.69. The molecule has 2 aromatic heterocycles. The van der Waals surface area contributed by atoms with Crippen molar-refractivity contribution in [1.29, 1.82) is 0 Å². The fourth-order valence-corrected chi connectivity index (χ4v) is 3.63. The van der Waals surface area contributed by atoms with Crippen molar-refractivity contribution in [2.75, 3.05) is 18.0 Å². The number of hydrogen-bond donors (Lipinski definition) is 0. The summed E-state index contributed by atoms with van der Waals surface area (Å²) in [6.07, 6.45) is 2.52. The van der Waals surface area contributed by atoms with Crippen LogP contribution in [0, 0.1) is 6.92 Å². The van der Waals surface area contributed by atoms with Crippen molar-refractivity contribution in [3.63, 3.8) is 0 Å². The fraction of sp³-hybridized carbons (Fsp3) is 0.353. The Bertz CT molecular complexity index is 826. The van der Waals surface area contributed by atoms with E-state index in [1.165, 1.54) is 12.8 Å². The Morgan fingerprint density at radius 1 is 1.09 bits per heavy atom. The first-order valence-corrected chi connectivity index (χ1v) is 8.73. The Morgan fingerprint density at radius 2 is 1.83 bits per heavy atom. The maximum absolute atomic E-state index is 5.86. The molecule has 1 fully saturated rings. The zero-order valence-corrected chi connectivity index (χ0v) is 13.8. The number of nitrogens with zero attached hydrogens (tertiary/aromatic N) is 4. The molecule has 0 unspecified atom stereocenters. The number of aryl methyl sites for hydroxylation is 1. The molecule has 23 heavy (non-hydrogen) atoms. The molecular formula is C17H18N4OS. The van der Waals surface area contributed by atoms with Crippen molar-refractivity contribution in [3.05, 3.63) is 41.0 Å². The number of anilines is 1. The summed E-state index contributed by atoms with van der Waals surface area (Å²) in [6.45, 7) is 4.58. The van der Waals surface area contributed by atoms with Gasteiger partial charge in [0.1, 0.15) is 12.3 Å². The van der Waals surface area contributed by atoms with Crippen molar-refractivity contribution in [3.8, 4) is 5.88 Å². The molecule has 118 valence electrons. The van der Waals surface area contributed by atoms with Crippen LogP contribution in [-0.2, 0) is 6.61 Å². The van der Waals surface area contributed by atoms with E-state index in [2.05, 4.69) is 25.2 Å². The quantitative estimate of drug-likeness (QED) is 0.733. The van der Waals surface area contributed by atoms with Gasteiger partial charge in [0.05, 0.1) is 16.7 Å². The predicted octanol–water partition coefficient (Wildman–Crippen LogP) is 3.57. The minimum Gasteiger partial charge on any atom is -0.470 e. The number of ether oxygens (including phenoxy) is 1. The van der Waals surface area contributed by atoms with E-state index in [-0.39, 0.29) is 0 Å². The van der Waals surface area contributed by atoms with Gasteiger partial charge in [-0.3, -0.25) is 0 Å². The second-order valence-electron chi connectivity index (χ2n) is 5.71. The Morgan fingerprint density at radius 3 is 2.61 bits per heavy atom. The summed E-state index contributed by atoms with van der Waals surface area (Å²) in [7, 11) is 0. The molecule has 0 bridgehead atoms. The van der Waals surface area contributed by atoms with Crippen LogP contribution in [0.5, 0.6) is 5.88 Å². The third kappa shape index (κ3) is 2.99. The van der Waals surface area contributed by atoms with Crippen LogP contribution in [0.25, 0.3) is 11.0 Å². The minimum absolute atomic E-state index is 0.429. The van der Waals surface area contributed by atoms with Gasteiger partial charge in [-0.15, -0.1) is 11.3 Å². The Kier molecular flexibility index (Phi) is 3.83. The van der Waals surface area contributed by atoms with Crippen molar-refractivity contribution in [2.24, 2.45) is 0 Å². The number of aromatic nitrogens is 3. The maximum atomic E-state index is 5.86. The summed E-state index contributed by atoms with van der Waals surface area (Å²) in [6, 6.07) is 7.83. The molecule has 0 amide bonds. The van der Waals surface area contributed by atoms with Gasteiger partial charge in [0.2, 0.25) is 5.88 Å². The molecule has 0 spiro atoms. The fourth-order valence-electron chi connectivity index (χ4n) is 2.77. The molecule has 3 aromatic rings. The maximum Gasteiger partial charge on any atom is 0.236 e. The van der Waals surface area contributed by atoms with Crippen LogP contribution in [-0.4, -0.2) is 28.0 Å². The largest absolute Gasteiger partial charge is 0.470 e. The molecule has 1 aromatic carbocycles. The topological polar surface area (TPSA) is 51.1 Å². The van der Waals surface area contributed by atoms with E-state index in [0.717, 1.165) is 40.6 Å². The van der Waals surface area contributed by atoms with Crippen LogP contribution in [0.15, 0.2) is 29.6 Å². The lowest BCUT2D eigenvalue weighted by Gasteiger charge is -2.12. The summed E-state index contributed by atoms with van der Waals surface area (Å²) in [5.41, 5.74) is 3.50. The zero-order valence-electron chi connectivity index (χ0n) is 13.0. The molecule has 1 aliphatic rings. The normalized spacial score (nSPS) is 14.6. The van der Waals surface area contributed by atoms with Crippen molar-refractivity contribution < 1.29 is 4.74 Å². The Balaban J connectivity index is 1.49. The van der Waals surface area contributed by atoms with Gasteiger partial charge >= 0.3 is 0 Å². The van der Waals surface area contributed by atoms with E-state index < -0.39 is 0 Å². The van der Waals surface area contributed by atoms with E-state index >= 15 is 0 Å². The zero-order chi connectivity index (χ0) is 15.6. The predicted molar refractivity (Wildman–Crippen MR) is 92.2 cm³/mol. The lowest BCUT2D eigenvalue weighted by atomic mass is 10.3. The van der Waals surface area contributed by atoms with Gasteiger partial charge in [-0.1, -0.05) is 12.1 Å². The smallest absolute Gasteiger partial charge is 0.236 e. The molecule has 4 rings (SSSR count). The Labute approximate surface area is 139 Å². The standard InChI is InChI=1S/C17H18N4OS/c1-12-16(20-15-7-3-2-6-14(15)18-12)22-10-13-11-23-17(19-13)21-8-4-5-9-21/h2-3,6-7,11H,4-5,8-10H2,1H3. The van der Waals surface area contributed by atoms with Crippen LogP contribution in [0.1, 0.15) is 24.2 Å². The van der Waals surface area contributed by atoms with Crippen LogP contribution in [0.2, 0.25) is 0 Å². The van der Waals surface area contributed by atoms with Gasteiger partial charge in [-0.05, 0) is 31.9 Å². The average Bonchev–Trinajstić information content (AvgIpc) is 3.24. The number of fused-ring (bicyclic) bond motifs is 1. The minimum atomic E-state index is 0.429. The number of hydrogen-bond acceptors (Lipinski definition) is 6. The monoisotopic (exact) mass is 326 g/mol. The number of benzene rings is 1. The van der Waals surface area contributed by atoms with Crippen molar-refractivity contribution in [1.82, 2.24) is 15.0 Å². The van der Waals surface area contributed by atoms with Crippen LogP contribution < -0.4 is 9.64 Å². The number of thiazole rings is 1. The van der Waals surface area contributed by atoms with E-state index in [4.69, 9.17) is 4.74 Å². The first kappa shape index (κ1) is 14.4. The molecule has 0 N–H and O–H groups in total. The van der Waals surface area contributed by atoms with Gasteiger partial charge in [-0.2, -0.15) is 0 Å². The molecular weight excluding hydrogens is 308 g/mol. The lowest BCUT2D eigenvalue weighted by molar-refractivity contribution is 0.287.